The van der Waals surface area contributed by atoms with Crippen molar-refractivity contribution in [2.45, 2.75) is 23.8 Å². The largest absolute Gasteiger partial charge is 0.486 e. The van der Waals surface area contributed by atoms with Gasteiger partial charge in [0.15, 0.2) is 11.5 Å². The third-order valence-corrected chi connectivity index (χ3v) is 4.39. The van der Waals surface area contributed by atoms with Crippen LogP contribution in [-0.2, 0) is 9.05 Å². The lowest BCUT2D eigenvalue weighted by molar-refractivity contribution is 0.0939. The molecule has 8 heteroatoms. The molecule has 1 fully saturated rings. The number of fused-ring (bicyclic) bond motifs is 1. The minimum absolute atomic E-state index is 0.133. The molecule has 6 nitrogen and oxygen atoms in total. The van der Waals surface area contributed by atoms with Crippen LogP contribution in [0.25, 0.3) is 0 Å². The monoisotopic (exact) mass is 317 g/mol. The maximum absolute atomic E-state index is 12.2. The molecule has 1 heterocycles. The molecule has 1 aliphatic carbocycles. The van der Waals surface area contributed by atoms with Crippen molar-refractivity contribution in [2.24, 2.45) is 0 Å². The molecule has 0 atom stereocenters. The first kappa shape index (κ1) is 13.5. The van der Waals surface area contributed by atoms with E-state index in [4.69, 9.17) is 20.2 Å². The van der Waals surface area contributed by atoms with E-state index in [9.17, 15) is 13.2 Å². The number of nitrogens with one attached hydrogen (secondary N) is 1. The molecule has 1 N–H and O–H groups in total. The van der Waals surface area contributed by atoms with Crippen molar-refractivity contribution < 1.29 is 22.7 Å². The van der Waals surface area contributed by atoms with Crippen molar-refractivity contribution in [3.8, 4) is 11.5 Å². The van der Waals surface area contributed by atoms with Crippen LogP contribution in [0, 0.1) is 0 Å². The van der Waals surface area contributed by atoms with Crippen LogP contribution < -0.4 is 14.8 Å². The summed E-state index contributed by atoms with van der Waals surface area (Å²) in [6, 6.07) is 2.64. The number of hydrogen-bond donors (Lipinski definition) is 1. The summed E-state index contributed by atoms with van der Waals surface area (Å²) < 4.78 is 33.7. The molecule has 108 valence electrons. The zero-order valence-electron chi connectivity index (χ0n) is 10.4. The van der Waals surface area contributed by atoms with Crippen molar-refractivity contribution in [3.05, 3.63) is 17.7 Å². The highest BCUT2D eigenvalue weighted by Crippen LogP contribution is 2.37. The van der Waals surface area contributed by atoms with Gasteiger partial charge in [-0.2, -0.15) is 0 Å². The maximum atomic E-state index is 12.2. The second-order valence-electron chi connectivity index (χ2n) is 4.68. The first-order valence-electron chi connectivity index (χ1n) is 6.14. The summed E-state index contributed by atoms with van der Waals surface area (Å²) in [5.41, 5.74) is 0.133. The second kappa shape index (κ2) is 4.82. The van der Waals surface area contributed by atoms with E-state index >= 15 is 0 Å². The lowest BCUT2D eigenvalue weighted by atomic mass is 10.1. The molecular formula is C12H12ClNO5S. The average molecular weight is 318 g/mol. The number of carbonyl (C=O) groups is 1. The Morgan fingerprint density at radius 1 is 1.25 bits per heavy atom. The molecule has 0 aromatic heterocycles. The molecule has 2 aliphatic rings. The second-order valence-corrected chi connectivity index (χ2v) is 7.25. The molecule has 0 bridgehead atoms. The molecule has 0 unspecified atom stereocenters. The SMILES string of the molecule is O=C(NC1CC1)c1cc(S(=O)(=O)Cl)cc2c1OCCO2. The van der Waals surface area contributed by atoms with E-state index in [1.807, 2.05) is 0 Å². The predicted molar refractivity (Wildman–Crippen MR) is 71.0 cm³/mol. The molecule has 20 heavy (non-hydrogen) atoms. The van der Waals surface area contributed by atoms with E-state index in [1.54, 1.807) is 0 Å². The van der Waals surface area contributed by atoms with E-state index in [2.05, 4.69) is 5.32 Å². The van der Waals surface area contributed by atoms with E-state index in [0.717, 1.165) is 12.8 Å². The van der Waals surface area contributed by atoms with Crippen LogP contribution in [0.15, 0.2) is 17.0 Å². The zero-order chi connectivity index (χ0) is 14.3. The van der Waals surface area contributed by atoms with Gasteiger partial charge in [-0.05, 0) is 18.9 Å². The van der Waals surface area contributed by atoms with Crippen molar-refractivity contribution >= 4 is 25.6 Å². The van der Waals surface area contributed by atoms with Crippen LogP contribution in [0.1, 0.15) is 23.2 Å². The summed E-state index contributed by atoms with van der Waals surface area (Å²) in [6.45, 7) is 0.603. The van der Waals surface area contributed by atoms with E-state index in [-0.39, 0.29) is 33.9 Å². The van der Waals surface area contributed by atoms with E-state index < -0.39 is 9.05 Å². The molecule has 1 aromatic carbocycles. The summed E-state index contributed by atoms with van der Waals surface area (Å²) in [7, 11) is 1.39. The lowest BCUT2D eigenvalue weighted by Crippen LogP contribution is -2.27. The Balaban J connectivity index is 2.07. The third-order valence-electron chi connectivity index (χ3n) is 3.05. The Bertz CT molecular complexity index is 669. The average Bonchev–Trinajstić information content (AvgIpc) is 3.20. The number of ether oxygens (including phenoxy) is 2. The van der Waals surface area contributed by atoms with E-state index in [0.29, 0.717) is 13.2 Å². The van der Waals surface area contributed by atoms with Gasteiger partial charge >= 0.3 is 0 Å². The van der Waals surface area contributed by atoms with Gasteiger partial charge < -0.3 is 14.8 Å². The molecule has 1 aromatic rings. The van der Waals surface area contributed by atoms with Gasteiger partial charge in [0.25, 0.3) is 15.0 Å². The first-order valence-corrected chi connectivity index (χ1v) is 8.45. The van der Waals surface area contributed by atoms with Gasteiger partial charge in [-0.3, -0.25) is 4.79 Å². The maximum Gasteiger partial charge on any atom is 0.261 e. The minimum Gasteiger partial charge on any atom is -0.486 e. The topological polar surface area (TPSA) is 81.7 Å². The quantitative estimate of drug-likeness (QED) is 0.849. The number of carbonyl (C=O) groups excluding carboxylic acids is 1. The number of amides is 1. The third kappa shape index (κ3) is 2.69. The minimum atomic E-state index is -3.95. The normalized spacial score (nSPS) is 17.6. The van der Waals surface area contributed by atoms with Gasteiger partial charge in [-0.15, -0.1) is 0 Å². The van der Waals surface area contributed by atoms with Crippen LogP contribution >= 0.6 is 10.7 Å². The van der Waals surface area contributed by atoms with Gasteiger partial charge in [-0.25, -0.2) is 8.42 Å². The Morgan fingerprint density at radius 2 is 1.95 bits per heavy atom. The first-order chi connectivity index (χ1) is 9.45. The number of halogens is 1. The number of hydrogen-bond acceptors (Lipinski definition) is 5. The van der Waals surface area contributed by atoms with Crippen LogP contribution in [-0.4, -0.2) is 33.6 Å². The molecule has 1 saturated carbocycles. The summed E-state index contributed by atoms with van der Waals surface area (Å²) in [6.07, 6.45) is 1.86. The molecule has 0 spiro atoms. The Kier molecular flexibility index (Phi) is 3.25. The molecular weight excluding hydrogens is 306 g/mol. The Hall–Kier alpha value is -1.47. The fraction of sp³-hybridized carbons (Fsp3) is 0.417. The predicted octanol–water partition coefficient (Wildman–Crippen LogP) is 1.28. The zero-order valence-corrected chi connectivity index (χ0v) is 12.0. The highest BCUT2D eigenvalue weighted by atomic mass is 35.7. The number of rotatable bonds is 3. The van der Waals surface area contributed by atoms with Crippen molar-refractivity contribution in [3.63, 3.8) is 0 Å². The summed E-state index contributed by atoms with van der Waals surface area (Å²) in [5.74, 6) is 0.105. The van der Waals surface area contributed by atoms with Crippen LogP contribution in [0.4, 0.5) is 0 Å². The summed E-state index contributed by atoms with van der Waals surface area (Å²) in [4.78, 5) is 12.0. The number of benzene rings is 1. The standard InChI is InChI=1S/C12H12ClNO5S/c13-20(16,17)8-5-9(12(15)14-7-1-2-7)11-10(6-8)18-3-4-19-11/h5-7H,1-4H2,(H,14,15). The van der Waals surface area contributed by atoms with Gasteiger partial charge in [-0.1, -0.05) is 0 Å². The van der Waals surface area contributed by atoms with Gasteiger partial charge in [0.2, 0.25) is 0 Å². The van der Waals surface area contributed by atoms with Gasteiger partial charge in [0, 0.05) is 22.8 Å². The molecule has 1 aliphatic heterocycles. The van der Waals surface area contributed by atoms with Crippen LogP contribution in [0.5, 0.6) is 11.5 Å². The molecule has 0 saturated heterocycles. The Labute approximate surface area is 120 Å². The van der Waals surface area contributed by atoms with Crippen LogP contribution in [0.2, 0.25) is 0 Å². The van der Waals surface area contributed by atoms with E-state index in [1.165, 1.54) is 12.1 Å². The van der Waals surface area contributed by atoms with Crippen molar-refractivity contribution in [2.75, 3.05) is 13.2 Å². The smallest absolute Gasteiger partial charge is 0.261 e. The highest BCUT2D eigenvalue weighted by molar-refractivity contribution is 8.13. The Morgan fingerprint density at radius 3 is 2.60 bits per heavy atom. The molecule has 3 rings (SSSR count). The fourth-order valence-corrected chi connectivity index (χ4v) is 2.70. The van der Waals surface area contributed by atoms with Crippen molar-refractivity contribution in [1.82, 2.24) is 5.32 Å². The molecule has 0 radical (unpaired) electrons. The van der Waals surface area contributed by atoms with Gasteiger partial charge in [0.05, 0.1) is 10.5 Å². The van der Waals surface area contributed by atoms with Gasteiger partial charge in [0.1, 0.15) is 13.2 Å². The molecule has 1 amide bonds. The fourth-order valence-electron chi connectivity index (χ4n) is 1.93. The van der Waals surface area contributed by atoms with Crippen LogP contribution in [0.3, 0.4) is 0 Å². The highest BCUT2D eigenvalue weighted by Gasteiger charge is 2.29. The lowest BCUT2D eigenvalue weighted by Gasteiger charge is -2.21. The van der Waals surface area contributed by atoms with Crippen molar-refractivity contribution in [1.29, 1.82) is 0 Å². The summed E-state index contributed by atoms with van der Waals surface area (Å²) >= 11 is 0. The summed E-state index contributed by atoms with van der Waals surface area (Å²) in [5, 5.41) is 2.79.